The van der Waals surface area contributed by atoms with Gasteiger partial charge in [0.2, 0.25) is 17.7 Å². The molecule has 0 radical (unpaired) electrons. The second kappa shape index (κ2) is 6.74. The fraction of sp³-hybridized carbons (Fsp3) is 0.526. The largest absolute Gasteiger partial charge is 0.335 e. The highest BCUT2D eigenvalue weighted by molar-refractivity contribution is 7.92. The lowest BCUT2D eigenvalue weighted by molar-refractivity contribution is -0.147. The molecule has 2 unspecified atom stereocenters. The van der Waals surface area contributed by atoms with Crippen molar-refractivity contribution in [2.45, 2.75) is 60.8 Å². The van der Waals surface area contributed by atoms with Gasteiger partial charge in [-0.3, -0.25) is 19.3 Å². The number of imide groups is 1. The van der Waals surface area contributed by atoms with E-state index < -0.39 is 15.1 Å². The third kappa shape index (κ3) is 3.16. The first-order valence-corrected chi connectivity index (χ1v) is 10.9. The predicted molar refractivity (Wildman–Crippen MR) is 96.3 cm³/mol. The summed E-state index contributed by atoms with van der Waals surface area (Å²) in [5, 5.41) is -0.503. The first-order chi connectivity index (χ1) is 12.9. The van der Waals surface area contributed by atoms with Crippen molar-refractivity contribution in [2.24, 2.45) is 0 Å². The van der Waals surface area contributed by atoms with Crippen LogP contribution in [0.1, 0.15) is 38.5 Å². The molecule has 3 aliphatic heterocycles. The normalized spacial score (nSPS) is 28.1. The van der Waals surface area contributed by atoms with Gasteiger partial charge in [-0.05, 0) is 37.8 Å². The Labute approximate surface area is 158 Å². The van der Waals surface area contributed by atoms with Crippen molar-refractivity contribution in [3.8, 4) is 0 Å². The maximum Gasteiger partial charge on any atom is 0.243 e. The molecule has 8 heteroatoms. The van der Waals surface area contributed by atoms with Crippen molar-refractivity contribution in [3.63, 3.8) is 0 Å². The van der Waals surface area contributed by atoms with Gasteiger partial charge in [0.1, 0.15) is 6.54 Å². The molecule has 3 amide bonds. The fourth-order valence-electron chi connectivity index (χ4n) is 4.61. The van der Waals surface area contributed by atoms with Crippen LogP contribution in [0, 0.1) is 0 Å². The van der Waals surface area contributed by atoms with Crippen molar-refractivity contribution >= 4 is 27.6 Å². The summed E-state index contributed by atoms with van der Waals surface area (Å²) in [6.07, 6.45) is 2.66. The Hall–Kier alpha value is -2.22. The van der Waals surface area contributed by atoms with E-state index in [-0.39, 0.29) is 49.2 Å². The van der Waals surface area contributed by atoms with Gasteiger partial charge < -0.3 is 4.90 Å². The van der Waals surface area contributed by atoms with Crippen molar-refractivity contribution in [2.75, 3.05) is 6.54 Å². The van der Waals surface area contributed by atoms with Crippen molar-refractivity contribution in [1.29, 1.82) is 0 Å². The molecule has 0 N–H and O–H groups in total. The number of fused-ring (bicyclic) bond motifs is 2. The van der Waals surface area contributed by atoms with Crippen molar-refractivity contribution in [1.82, 2.24) is 9.80 Å². The fourth-order valence-corrected chi connectivity index (χ4v) is 6.48. The highest BCUT2D eigenvalue weighted by atomic mass is 32.2. The Bertz CT molecular complexity index is 853. The molecular weight excluding hydrogens is 368 g/mol. The van der Waals surface area contributed by atoms with Crippen LogP contribution in [0.3, 0.4) is 0 Å². The lowest BCUT2D eigenvalue weighted by Crippen LogP contribution is -2.53. The molecule has 3 fully saturated rings. The second-order valence-electron chi connectivity index (χ2n) is 7.51. The van der Waals surface area contributed by atoms with E-state index in [9.17, 15) is 22.8 Å². The predicted octanol–water partition coefficient (Wildman–Crippen LogP) is 1.13. The van der Waals surface area contributed by atoms with Gasteiger partial charge in [-0.2, -0.15) is 0 Å². The molecular formula is C19H22N2O5S. The summed E-state index contributed by atoms with van der Waals surface area (Å²) in [5.41, 5.74) is 0. The highest BCUT2D eigenvalue weighted by Crippen LogP contribution is 2.40. The molecule has 7 nitrogen and oxygen atoms in total. The van der Waals surface area contributed by atoms with Gasteiger partial charge in [0, 0.05) is 24.9 Å². The zero-order valence-electron chi connectivity index (χ0n) is 14.9. The molecule has 0 spiro atoms. The van der Waals surface area contributed by atoms with Crippen LogP contribution in [0.2, 0.25) is 0 Å². The highest BCUT2D eigenvalue weighted by Gasteiger charge is 2.47. The topological polar surface area (TPSA) is 91.8 Å². The molecule has 3 heterocycles. The minimum atomic E-state index is -3.43. The van der Waals surface area contributed by atoms with E-state index in [2.05, 4.69) is 0 Å². The SMILES string of the molecule is O=C1CCC(=O)N1CC(=O)N1C2CCC1CC(S(=O)(=O)c1ccccc1)C2. The minimum absolute atomic E-state index is 0.146. The molecule has 1 aromatic carbocycles. The quantitative estimate of drug-likeness (QED) is 0.719. The number of rotatable bonds is 4. The summed E-state index contributed by atoms with van der Waals surface area (Å²) < 4.78 is 25.9. The maximum atomic E-state index is 12.9. The smallest absolute Gasteiger partial charge is 0.243 e. The average Bonchev–Trinajstić information content (AvgIpc) is 3.11. The van der Waals surface area contributed by atoms with Crippen LogP contribution in [0.15, 0.2) is 35.2 Å². The Morgan fingerprint density at radius 1 is 0.963 bits per heavy atom. The number of nitrogens with zero attached hydrogens (tertiary/aromatic N) is 2. The second-order valence-corrected chi connectivity index (χ2v) is 9.74. The summed E-state index contributed by atoms with van der Waals surface area (Å²) in [5.74, 6) is -0.855. The number of sulfone groups is 1. The summed E-state index contributed by atoms with van der Waals surface area (Å²) >= 11 is 0. The zero-order chi connectivity index (χ0) is 19.2. The van der Waals surface area contributed by atoms with E-state index in [0.29, 0.717) is 17.7 Å². The van der Waals surface area contributed by atoms with E-state index in [1.807, 2.05) is 0 Å². The van der Waals surface area contributed by atoms with E-state index in [0.717, 1.165) is 17.7 Å². The Morgan fingerprint density at radius 2 is 1.52 bits per heavy atom. The molecule has 2 bridgehead atoms. The number of amides is 3. The first kappa shape index (κ1) is 18.2. The van der Waals surface area contributed by atoms with Gasteiger partial charge in [-0.25, -0.2) is 8.42 Å². The van der Waals surface area contributed by atoms with Gasteiger partial charge in [0.05, 0.1) is 10.1 Å². The van der Waals surface area contributed by atoms with Gasteiger partial charge in [-0.1, -0.05) is 18.2 Å². The third-order valence-electron chi connectivity index (χ3n) is 5.94. The molecule has 3 aliphatic rings. The Balaban J connectivity index is 1.48. The Morgan fingerprint density at radius 3 is 2.07 bits per heavy atom. The van der Waals surface area contributed by atoms with Crippen LogP contribution in [0.25, 0.3) is 0 Å². The average molecular weight is 390 g/mol. The van der Waals surface area contributed by atoms with Gasteiger partial charge >= 0.3 is 0 Å². The van der Waals surface area contributed by atoms with Crippen LogP contribution >= 0.6 is 0 Å². The monoisotopic (exact) mass is 390 g/mol. The number of hydrogen-bond donors (Lipinski definition) is 0. The number of carbonyl (C=O) groups is 3. The molecule has 144 valence electrons. The Kier molecular flexibility index (Phi) is 4.53. The molecule has 0 aromatic heterocycles. The standard InChI is InChI=1S/C19H22N2O5S/c22-17-8-9-18(23)20(17)12-19(24)21-13-6-7-14(21)11-16(10-13)27(25,26)15-4-2-1-3-5-15/h1-5,13-14,16H,6-12H2. The van der Waals surface area contributed by atoms with E-state index in [1.165, 1.54) is 0 Å². The summed E-state index contributed by atoms with van der Waals surface area (Å²) in [6, 6.07) is 8.14. The number of hydrogen-bond acceptors (Lipinski definition) is 5. The number of benzene rings is 1. The molecule has 0 aliphatic carbocycles. The van der Waals surface area contributed by atoms with Gasteiger partial charge in [0.25, 0.3) is 0 Å². The molecule has 2 atom stereocenters. The van der Waals surface area contributed by atoms with Crippen molar-refractivity contribution < 1.29 is 22.8 Å². The first-order valence-electron chi connectivity index (χ1n) is 9.31. The maximum absolute atomic E-state index is 12.9. The minimum Gasteiger partial charge on any atom is -0.335 e. The van der Waals surface area contributed by atoms with Crippen molar-refractivity contribution in [3.05, 3.63) is 30.3 Å². The summed E-state index contributed by atoms with van der Waals surface area (Å²) in [6.45, 7) is -0.221. The molecule has 4 rings (SSSR count). The van der Waals surface area contributed by atoms with Crippen LogP contribution in [-0.4, -0.2) is 59.8 Å². The zero-order valence-corrected chi connectivity index (χ0v) is 15.7. The summed E-state index contributed by atoms with van der Waals surface area (Å²) in [4.78, 5) is 39.4. The lowest BCUT2D eigenvalue weighted by Gasteiger charge is -2.39. The van der Waals surface area contributed by atoms with Crippen LogP contribution in [-0.2, 0) is 24.2 Å². The molecule has 1 aromatic rings. The number of likely N-dealkylation sites (tertiary alicyclic amines) is 1. The van der Waals surface area contributed by atoms with Crippen LogP contribution in [0.4, 0.5) is 0 Å². The lowest BCUT2D eigenvalue weighted by atomic mass is 10.0. The van der Waals surface area contributed by atoms with E-state index in [4.69, 9.17) is 0 Å². The van der Waals surface area contributed by atoms with Crippen LogP contribution < -0.4 is 0 Å². The van der Waals surface area contributed by atoms with Gasteiger partial charge in [0.15, 0.2) is 9.84 Å². The third-order valence-corrected chi connectivity index (χ3v) is 8.13. The molecule has 3 saturated heterocycles. The number of carbonyl (C=O) groups excluding carboxylic acids is 3. The van der Waals surface area contributed by atoms with E-state index >= 15 is 0 Å². The number of piperidine rings is 1. The molecule has 27 heavy (non-hydrogen) atoms. The van der Waals surface area contributed by atoms with Gasteiger partial charge in [-0.15, -0.1) is 0 Å². The molecule has 0 saturated carbocycles. The van der Waals surface area contributed by atoms with E-state index in [1.54, 1.807) is 35.2 Å². The van der Waals surface area contributed by atoms with Crippen LogP contribution in [0.5, 0.6) is 0 Å². The summed E-state index contributed by atoms with van der Waals surface area (Å²) in [7, 11) is -3.43.